The molecule has 0 spiro atoms. The molecule has 0 bridgehead atoms. The predicted molar refractivity (Wildman–Crippen MR) is 90.3 cm³/mol. The molecule has 0 unspecified atom stereocenters. The lowest BCUT2D eigenvalue weighted by atomic mass is 10.1. The van der Waals surface area contributed by atoms with Gasteiger partial charge in [0.15, 0.2) is 5.16 Å². The van der Waals surface area contributed by atoms with Gasteiger partial charge in [-0.1, -0.05) is 30.8 Å². The summed E-state index contributed by atoms with van der Waals surface area (Å²) in [5.41, 5.74) is 3.14. The van der Waals surface area contributed by atoms with E-state index in [1.807, 2.05) is 39.0 Å². The number of benzene rings is 1. The molecule has 118 valence electrons. The zero-order chi connectivity index (χ0) is 16.1. The number of aryl methyl sites for hydroxylation is 2. The zero-order valence-corrected chi connectivity index (χ0v) is 14.3. The summed E-state index contributed by atoms with van der Waals surface area (Å²) >= 11 is 1.42. The van der Waals surface area contributed by atoms with E-state index >= 15 is 0 Å². The molecular weight excluding hydrogens is 296 g/mol. The minimum atomic E-state index is -0.0256. The number of carbonyl (C=O) groups is 1. The number of carbonyl (C=O) groups excluding carboxylic acids is 1. The van der Waals surface area contributed by atoms with Crippen LogP contribution < -0.4 is 5.32 Å². The third-order valence-corrected chi connectivity index (χ3v) is 4.53. The van der Waals surface area contributed by atoms with Crippen molar-refractivity contribution in [3.63, 3.8) is 0 Å². The Labute approximate surface area is 135 Å². The molecule has 0 aliphatic rings. The fraction of sp³-hybridized carbons (Fsp3) is 0.438. The van der Waals surface area contributed by atoms with Gasteiger partial charge in [0, 0.05) is 12.2 Å². The summed E-state index contributed by atoms with van der Waals surface area (Å²) in [6.45, 7) is 8.97. The highest BCUT2D eigenvalue weighted by Crippen LogP contribution is 2.20. The smallest absolute Gasteiger partial charge is 0.234 e. The number of nitrogens with one attached hydrogen (secondary N) is 1. The van der Waals surface area contributed by atoms with Gasteiger partial charge in [-0.15, -0.1) is 10.2 Å². The van der Waals surface area contributed by atoms with Crippen LogP contribution in [-0.4, -0.2) is 26.4 Å². The summed E-state index contributed by atoms with van der Waals surface area (Å²) in [5.74, 6) is 1.19. The molecule has 1 aromatic carbocycles. The van der Waals surface area contributed by atoms with E-state index in [9.17, 15) is 4.79 Å². The largest absolute Gasteiger partial charge is 0.325 e. The topological polar surface area (TPSA) is 59.8 Å². The lowest BCUT2D eigenvalue weighted by Crippen LogP contribution is -2.15. The Morgan fingerprint density at radius 2 is 2.05 bits per heavy atom. The molecule has 5 nitrogen and oxygen atoms in total. The standard InChI is InChI=1S/C16H22N4OS/c1-5-9-20-13(4)18-19-16(20)22-10-15(21)17-14-8-6-7-11(2)12(14)3/h6-8H,5,9-10H2,1-4H3,(H,17,21). The van der Waals surface area contributed by atoms with Crippen LogP contribution in [-0.2, 0) is 11.3 Å². The van der Waals surface area contributed by atoms with Gasteiger partial charge in [0.25, 0.3) is 0 Å². The van der Waals surface area contributed by atoms with E-state index in [1.165, 1.54) is 17.3 Å². The van der Waals surface area contributed by atoms with Crippen molar-refractivity contribution in [2.45, 2.75) is 45.8 Å². The van der Waals surface area contributed by atoms with Crippen LogP contribution in [0.1, 0.15) is 30.3 Å². The van der Waals surface area contributed by atoms with E-state index in [-0.39, 0.29) is 5.91 Å². The molecule has 0 saturated carbocycles. The van der Waals surface area contributed by atoms with Crippen molar-refractivity contribution in [2.75, 3.05) is 11.1 Å². The first-order chi connectivity index (χ1) is 10.5. The van der Waals surface area contributed by atoms with Crippen molar-refractivity contribution in [3.8, 4) is 0 Å². The number of anilines is 1. The lowest BCUT2D eigenvalue weighted by molar-refractivity contribution is -0.113. The van der Waals surface area contributed by atoms with Crippen molar-refractivity contribution < 1.29 is 4.79 Å². The molecule has 0 aliphatic carbocycles. The predicted octanol–water partition coefficient (Wildman–Crippen LogP) is 3.34. The molecule has 0 radical (unpaired) electrons. The summed E-state index contributed by atoms with van der Waals surface area (Å²) in [7, 11) is 0. The maximum Gasteiger partial charge on any atom is 0.234 e. The van der Waals surface area contributed by atoms with Gasteiger partial charge in [-0.3, -0.25) is 4.79 Å². The first-order valence-electron chi connectivity index (χ1n) is 7.41. The van der Waals surface area contributed by atoms with Gasteiger partial charge in [0.2, 0.25) is 5.91 Å². The average molecular weight is 318 g/mol. The van der Waals surface area contributed by atoms with E-state index in [4.69, 9.17) is 0 Å². The molecule has 0 saturated heterocycles. The van der Waals surface area contributed by atoms with Gasteiger partial charge in [-0.05, 0) is 44.4 Å². The summed E-state index contributed by atoms with van der Waals surface area (Å²) in [6.07, 6.45) is 1.02. The Morgan fingerprint density at radius 3 is 2.77 bits per heavy atom. The quantitative estimate of drug-likeness (QED) is 0.830. The zero-order valence-electron chi connectivity index (χ0n) is 13.5. The second kappa shape index (κ2) is 7.45. The molecule has 1 heterocycles. The molecule has 1 N–H and O–H groups in total. The van der Waals surface area contributed by atoms with Gasteiger partial charge in [-0.2, -0.15) is 0 Å². The molecule has 1 aromatic heterocycles. The van der Waals surface area contributed by atoms with Crippen LogP contribution in [0.15, 0.2) is 23.4 Å². The van der Waals surface area contributed by atoms with Crippen molar-refractivity contribution in [3.05, 3.63) is 35.2 Å². The monoisotopic (exact) mass is 318 g/mol. The van der Waals surface area contributed by atoms with E-state index in [0.29, 0.717) is 5.75 Å². The third-order valence-electron chi connectivity index (χ3n) is 3.56. The van der Waals surface area contributed by atoms with Crippen LogP contribution in [0, 0.1) is 20.8 Å². The van der Waals surface area contributed by atoms with Gasteiger partial charge >= 0.3 is 0 Å². The molecule has 6 heteroatoms. The van der Waals surface area contributed by atoms with E-state index in [1.54, 1.807) is 0 Å². The average Bonchev–Trinajstić information content (AvgIpc) is 2.83. The summed E-state index contributed by atoms with van der Waals surface area (Å²) < 4.78 is 2.05. The van der Waals surface area contributed by atoms with Crippen LogP contribution in [0.2, 0.25) is 0 Å². The first kappa shape index (κ1) is 16.5. The maximum absolute atomic E-state index is 12.1. The number of amides is 1. The highest BCUT2D eigenvalue weighted by molar-refractivity contribution is 7.99. The van der Waals surface area contributed by atoms with Crippen molar-refractivity contribution >= 4 is 23.4 Å². The molecule has 2 rings (SSSR count). The van der Waals surface area contributed by atoms with E-state index < -0.39 is 0 Å². The number of aromatic nitrogens is 3. The van der Waals surface area contributed by atoms with Crippen LogP contribution in [0.3, 0.4) is 0 Å². The highest BCUT2D eigenvalue weighted by atomic mass is 32.2. The molecule has 2 aromatic rings. The Balaban J connectivity index is 1.97. The number of hydrogen-bond donors (Lipinski definition) is 1. The van der Waals surface area contributed by atoms with Crippen LogP contribution in [0.4, 0.5) is 5.69 Å². The van der Waals surface area contributed by atoms with Crippen molar-refractivity contribution in [1.82, 2.24) is 14.8 Å². The molecule has 0 aliphatic heterocycles. The molecule has 0 fully saturated rings. The minimum Gasteiger partial charge on any atom is -0.325 e. The Hall–Kier alpha value is -1.82. The molecule has 0 atom stereocenters. The summed E-state index contributed by atoms with van der Waals surface area (Å²) in [4.78, 5) is 12.1. The number of thioether (sulfide) groups is 1. The van der Waals surface area contributed by atoms with Crippen LogP contribution in [0.25, 0.3) is 0 Å². The normalized spacial score (nSPS) is 10.7. The number of hydrogen-bond acceptors (Lipinski definition) is 4. The van der Waals surface area contributed by atoms with Crippen LogP contribution >= 0.6 is 11.8 Å². The Morgan fingerprint density at radius 1 is 1.27 bits per heavy atom. The summed E-state index contributed by atoms with van der Waals surface area (Å²) in [5, 5.41) is 12.0. The molecule has 22 heavy (non-hydrogen) atoms. The van der Waals surface area contributed by atoms with Gasteiger partial charge in [0.05, 0.1) is 5.75 Å². The third kappa shape index (κ3) is 3.88. The number of nitrogens with zero attached hydrogens (tertiary/aromatic N) is 3. The van der Waals surface area contributed by atoms with E-state index in [0.717, 1.165) is 35.2 Å². The van der Waals surface area contributed by atoms with Crippen LogP contribution in [0.5, 0.6) is 0 Å². The van der Waals surface area contributed by atoms with E-state index in [2.05, 4.69) is 27.0 Å². The first-order valence-corrected chi connectivity index (χ1v) is 8.40. The van der Waals surface area contributed by atoms with Crippen molar-refractivity contribution in [1.29, 1.82) is 0 Å². The fourth-order valence-corrected chi connectivity index (χ4v) is 2.96. The van der Waals surface area contributed by atoms with Gasteiger partial charge in [0.1, 0.15) is 5.82 Å². The SMILES string of the molecule is CCCn1c(C)nnc1SCC(=O)Nc1cccc(C)c1C. The summed E-state index contributed by atoms with van der Waals surface area (Å²) in [6, 6.07) is 5.91. The minimum absolute atomic E-state index is 0.0256. The second-order valence-electron chi connectivity index (χ2n) is 5.27. The van der Waals surface area contributed by atoms with Gasteiger partial charge < -0.3 is 9.88 Å². The fourth-order valence-electron chi connectivity index (χ4n) is 2.15. The lowest BCUT2D eigenvalue weighted by Gasteiger charge is -2.10. The number of rotatable bonds is 6. The highest BCUT2D eigenvalue weighted by Gasteiger charge is 2.12. The van der Waals surface area contributed by atoms with Gasteiger partial charge in [-0.25, -0.2) is 0 Å². The molecular formula is C16H22N4OS. The Kier molecular flexibility index (Phi) is 5.60. The Bertz CT molecular complexity index is 666. The second-order valence-corrected chi connectivity index (χ2v) is 6.21. The van der Waals surface area contributed by atoms with Crippen molar-refractivity contribution in [2.24, 2.45) is 0 Å². The maximum atomic E-state index is 12.1. The molecule has 1 amide bonds.